The molecule has 0 saturated carbocycles. The summed E-state index contributed by atoms with van der Waals surface area (Å²) in [5.41, 5.74) is 7.55. The van der Waals surface area contributed by atoms with Crippen LogP contribution in [0.25, 0.3) is 16.6 Å². The summed E-state index contributed by atoms with van der Waals surface area (Å²) in [5.74, 6) is 1.44. The van der Waals surface area contributed by atoms with Crippen LogP contribution in [-0.4, -0.2) is 24.7 Å². The lowest BCUT2D eigenvalue weighted by Gasteiger charge is -2.08. The molecule has 8 nitrogen and oxygen atoms in total. The van der Waals surface area contributed by atoms with Gasteiger partial charge in [-0.15, -0.1) is 0 Å². The van der Waals surface area contributed by atoms with E-state index in [0.717, 1.165) is 10.9 Å². The third-order valence-corrected chi connectivity index (χ3v) is 4.02. The minimum atomic E-state index is 0.355. The number of nitrogens with one attached hydrogen (secondary N) is 1. The Bertz CT molecular complexity index is 1160. The van der Waals surface area contributed by atoms with Crippen molar-refractivity contribution in [2.24, 2.45) is 0 Å². The lowest BCUT2D eigenvalue weighted by atomic mass is 10.2. The fraction of sp³-hybridized carbons (Fsp3) is 0. The molecule has 3 N–H and O–H groups in total. The van der Waals surface area contributed by atoms with Crippen molar-refractivity contribution in [3.05, 3.63) is 59.6 Å². The number of fused-ring (bicyclic) bond motifs is 1. The van der Waals surface area contributed by atoms with Crippen molar-refractivity contribution < 1.29 is 0 Å². The predicted octanol–water partition coefficient (Wildman–Crippen LogP) is 3.06. The van der Waals surface area contributed by atoms with Crippen molar-refractivity contribution in [2.45, 2.75) is 0 Å². The highest BCUT2D eigenvalue weighted by Crippen LogP contribution is 2.26. The second kappa shape index (κ2) is 6.31. The number of hydrogen-bond donors (Lipinski definition) is 2. The van der Waals surface area contributed by atoms with Gasteiger partial charge in [0.15, 0.2) is 0 Å². The summed E-state index contributed by atoms with van der Waals surface area (Å²) in [6.07, 6.45) is 4.74. The fourth-order valence-electron chi connectivity index (χ4n) is 2.50. The minimum Gasteiger partial charge on any atom is -0.384 e. The van der Waals surface area contributed by atoms with Gasteiger partial charge in [0.05, 0.1) is 34.1 Å². The Morgan fingerprint density at radius 3 is 2.73 bits per heavy atom. The first-order chi connectivity index (χ1) is 12.6. The summed E-state index contributed by atoms with van der Waals surface area (Å²) in [4.78, 5) is 12.3. The molecule has 0 aliphatic heterocycles. The summed E-state index contributed by atoms with van der Waals surface area (Å²) < 4.78 is 1.67. The monoisotopic (exact) mass is 362 g/mol. The number of benzene rings is 1. The van der Waals surface area contributed by atoms with E-state index in [9.17, 15) is 0 Å². The highest BCUT2D eigenvalue weighted by atomic mass is 35.5. The largest absolute Gasteiger partial charge is 0.384 e. The van der Waals surface area contributed by atoms with Crippen LogP contribution in [0.4, 0.5) is 17.5 Å². The molecule has 0 saturated heterocycles. The number of rotatable bonds is 3. The molecule has 0 unspecified atom stereocenters. The summed E-state index contributed by atoms with van der Waals surface area (Å²) in [6, 6.07) is 10.5. The molecule has 0 amide bonds. The minimum absolute atomic E-state index is 0.355. The molecule has 1 aromatic carbocycles. The van der Waals surface area contributed by atoms with Crippen LogP contribution < -0.4 is 11.1 Å². The third-order valence-electron chi connectivity index (χ3n) is 3.70. The van der Waals surface area contributed by atoms with Gasteiger partial charge in [-0.1, -0.05) is 11.6 Å². The van der Waals surface area contributed by atoms with Crippen LogP contribution in [0.1, 0.15) is 5.56 Å². The lowest BCUT2D eigenvalue weighted by Crippen LogP contribution is -2.01. The van der Waals surface area contributed by atoms with Gasteiger partial charge < -0.3 is 11.1 Å². The molecule has 126 valence electrons. The third kappa shape index (κ3) is 2.87. The summed E-state index contributed by atoms with van der Waals surface area (Å²) >= 11 is 6.30. The number of nitrogens with two attached hydrogens (primary N) is 1. The van der Waals surface area contributed by atoms with Crippen LogP contribution in [0.15, 0.2) is 49.1 Å². The normalized spacial score (nSPS) is 10.6. The molecule has 4 rings (SSSR count). The van der Waals surface area contributed by atoms with Crippen LogP contribution in [0, 0.1) is 11.3 Å². The number of nitrogens with zero attached hydrogens (tertiary/aromatic N) is 6. The standard InChI is InChI=1S/C17H11ClN8/c18-12-2-1-10(6-19)3-14(12)26-13-4-16(21-7-11(13)8-24-26)25-17-5-15(20)22-9-23-17/h1-5,7-9H,(H3,20,21,22,23,25). The van der Waals surface area contributed by atoms with Crippen LogP contribution >= 0.6 is 11.6 Å². The highest BCUT2D eigenvalue weighted by Gasteiger charge is 2.11. The Morgan fingerprint density at radius 2 is 1.92 bits per heavy atom. The molecule has 3 heterocycles. The maximum atomic E-state index is 9.13. The summed E-state index contributed by atoms with van der Waals surface area (Å²) in [6.45, 7) is 0. The molecule has 0 spiro atoms. The number of nitriles is 1. The SMILES string of the molecule is N#Cc1ccc(Cl)c(-n2ncc3cnc(Nc4cc(N)ncn4)cc32)c1. The van der Waals surface area contributed by atoms with Crippen molar-refractivity contribution in [1.29, 1.82) is 5.26 Å². The van der Waals surface area contributed by atoms with Gasteiger partial charge in [0.1, 0.15) is 23.8 Å². The fourth-order valence-corrected chi connectivity index (χ4v) is 2.69. The molecule has 4 aromatic rings. The summed E-state index contributed by atoms with van der Waals surface area (Å²) in [5, 5.41) is 17.9. The van der Waals surface area contributed by atoms with E-state index in [1.807, 2.05) is 6.07 Å². The molecular weight excluding hydrogens is 352 g/mol. The van der Waals surface area contributed by atoms with Crippen LogP contribution in [0.3, 0.4) is 0 Å². The van der Waals surface area contributed by atoms with E-state index < -0.39 is 0 Å². The molecule has 0 aliphatic rings. The maximum Gasteiger partial charge on any atom is 0.137 e. The molecule has 0 aliphatic carbocycles. The average Bonchev–Trinajstić information content (AvgIpc) is 3.05. The zero-order chi connectivity index (χ0) is 18.1. The van der Waals surface area contributed by atoms with E-state index in [-0.39, 0.29) is 0 Å². The van der Waals surface area contributed by atoms with E-state index in [0.29, 0.717) is 33.7 Å². The Morgan fingerprint density at radius 1 is 1.08 bits per heavy atom. The molecule has 0 bridgehead atoms. The number of anilines is 3. The Balaban J connectivity index is 1.79. The number of nitrogen functional groups attached to an aromatic ring is 1. The maximum absolute atomic E-state index is 9.13. The molecule has 0 atom stereocenters. The first-order valence-corrected chi connectivity index (χ1v) is 7.90. The quantitative estimate of drug-likeness (QED) is 0.574. The van der Waals surface area contributed by atoms with Gasteiger partial charge in [0, 0.05) is 23.7 Å². The van der Waals surface area contributed by atoms with Crippen molar-refractivity contribution >= 4 is 40.0 Å². The van der Waals surface area contributed by atoms with Gasteiger partial charge in [-0.05, 0) is 18.2 Å². The Hall–Kier alpha value is -3.70. The second-order valence-corrected chi connectivity index (χ2v) is 5.82. The van der Waals surface area contributed by atoms with Crippen LogP contribution in [0.5, 0.6) is 0 Å². The number of hydrogen-bond acceptors (Lipinski definition) is 7. The van der Waals surface area contributed by atoms with Gasteiger partial charge in [0.2, 0.25) is 0 Å². The lowest BCUT2D eigenvalue weighted by molar-refractivity contribution is 0.910. The molecule has 9 heteroatoms. The van der Waals surface area contributed by atoms with Crippen molar-refractivity contribution in [1.82, 2.24) is 24.7 Å². The van der Waals surface area contributed by atoms with Gasteiger partial charge in [0.25, 0.3) is 0 Å². The number of halogens is 1. The molecule has 0 fully saturated rings. The number of pyridine rings is 1. The molecule has 26 heavy (non-hydrogen) atoms. The van der Waals surface area contributed by atoms with Crippen LogP contribution in [-0.2, 0) is 0 Å². The zero-order valence-electron chi connectivity index (χ0n) is 13.3. The topological polar surface area (TPSA) is 118 Å². The Kier molecular flexibility index (Phi) is 3.84. The van der Waals surface area contributed by atoms with E-state index in [1.54, 1.807) is 41.3 Å². The second-order valence-electron chi connectivity index (χ2n) is 5.42. The molecule has 3 aromatic heterocycles. The van der Waals surface area contributed by atoms with E-state index in [1.165, 1.54) is 6.33 Å². The van der Waals surface area contributed by atoms with Crippen molar-refractivity contribution in [2.75, 3.05) is 11.1 Å². The average molecular weight is 363 g/mol. The van der Waals surface area contributed by atoms with Gasteiger partial charge in [-0.3, -0.25) is 0 Å². The van der Waals surface area contributed by atoms with E-state index in [2.05, 4.69) is 31.4 Å². The van der Waals surface area contributed by atoms with E-state index >= 15 is 0 Å². The smallest absolute Gasteiger partial charge is 0.137 e. The van der Waals surface area contributed by atoms with Crippen LogP contribution in [0.2, 0.25) is 5.02 Å². The Labute approximate surface area is 152 Å². The van der Waals surface area contributed by atoms with Gasteiger partial charge >= 0.3 is 0 Å². The zero-order valence-corrected chi connectivity index (χ0v) is 14.0. The molecule has 0 radical (unpaired) electrons. The summed E-state index contributed by atoms with van der Waals surface area (Å²) in [7, 11) is 0. The predicted molar refractivity (Wildman–Crippen MR) is 98.3 cm³/mol. The first kappa shape index (κ1) is 15.8. The van der Waals surface area contributed by atoms with Gasteiger partial charge in [-0.2, -0.15) is 10.4 Å². The molecular formula is C17H11ClN8. The van der Waals surface area contributed by atoms with E-state index in [4.69, 9.17) is 22.6 Å². The van der Waals surface area contributed by atoms with Crippen molar-refractivity contribution in [3.8, 4) is 11.8 Å². The van der Waals surface area contributed by atoms with Crippen molar-refractivity contribution in [3.63, 3.8) is 0 Å². The number of aromatic nitrogens is 5. The first-order valence-electron chi connectivity index (χ1n) is 7.52. The van der Waals surface area contributed by atoms with Gasteiger partial charge in [-0.25, -0.2) is 19.6 Å². The highest BCUT2D eigenvalue weighted by molar-refractivity contribution is 6.32.